The highest BCUT2D eigenvalue weighted by molar-refractivity contribution is 8.01. The van der Waals surface area contributed by atoms with Gasteiger partial charge in [-0.1, -0.05) is 84.1 Å². The van der Waals surface area contributed by atoms with Crippen LogP contribution in [0.25, 0.3) is 0 Å². The molecule has 3 saturated heterocycles. The minimum Gasteiger partial charge on any atom is -0.496 e. The molecule has 6 amide bonds. The van der Waals surface area contributed by atoms with Gasteiger partial charge in [0.1, 0.15) is 34.7 Å². The van der Waals surface area contributed by atoms with Crippen LogP contribution in [-0.4, -0.2) is 213 Å². The zero-order chi connectivity index (χ0) is 77.8. The highest BCUT2D eigenvalue weighted by Gasteiger charge is 2.32. The van der Waals surface area contributed by atoms with Gasteiger partial charge in [-0.3, -0.25) is 28.8 Å². The highest BCUT2D eigenvalue weighted by Crippen LogP contribution is 2.42. The van der Waals surface area contributed by atoms with Gasteiger partial charge in [0.15, 0.2) is 15.4 Å². The van der Waals surface area contributed by atoms with Gasteiger partial charge in [0, 0.05) is 130 Å². The van der Waals surface area contributed by atoms with Crippen LogP contribution in [0.5, 0.6) is 17.2 Å². The van der Waals surface area contributed by atoms with Crippen LogP contribution in [0.3, 0.4) is 0 Å². The molecule has 9 aromatic rings. The summed E-state index contributed by atoms with van der Waals surface area (Å²) in [6.45, 7) is 26.9. The standard InChI is InChI=1S/C27H32N6O3S2.C27H31N5O3S2.C25H27N5O3S/c1-6-24(34)32-9-11-33(12-10-32)26(35)20-14-22(18(2)13-21(20)36-5)37-25-16-29-27(38-25)30-23-8-7-19(15-28-23)17-31(3)4;1-6-23(33)32-12-8-11-31(16-19(32)4)26(34)20-14-22(18(3)13-21(20)35-5)36-24-15-29-27(37-24)30-25-17(2)9-7-10-28-25;1-4-23(31)29-9-11-30(12-10-29)24(32)20-15-18(17(2)13-21(20)33-3)14-19-16-27-25(34-19)28-22-7-5-6-8-26-22/h6-8,13-16H,1,9-12,17H2,2-5H3,(H,28,29,30);6-7,9-10,13-15,19H,1,8,11-12,16H2,2-5H3,(H,28,29,30);4-8,13,15-16H,1,9-12,14H2,2-3H3,(H,26,27,28)/t;19-;/m.1./s1. The van der Waals surface area contributed by atoms with Gasteiger partial charge in [0.2, 0.25) is 17.7 Å². The summed E-state index contributed by atoms with van der Waals surface area (Å²) in [5, 5.41) is 12.0. The lowest BCUT2D eigenvalue weighted by Gasteiger charge is -2.34. The van der Waals surface area contributed by atoms with Crippen LogP contribution in [0.4, 0.5) is 32.8 Å². The Hall–Kier alpha value is -10.5. The minimum atomic E-state index is -0.112. The maximum absolute atomic E-state index is 13.7. The summed E-state index contributed by atoms with van der Waals surface area (Å²) in [7, 11) is 8.78. The number of thiazole rings is 3. The van der Waals surface area contributed by atoms with E-state index >= 15 is 0 Å². The Bertz CT molecular complexity index is 4730. The molecule has 3 aromatic carbocycles. The van der Waals surface area contributed by atoms with Crippen molar-refractivity contribution in [2.75, 3.05) is 123 Å². The van der Waals surface area contributed by atoms with Crippen LogP contribution >= 0.6 is 57.5 Å². The largest absolute Gasteiger partial charge is 0.496 e. The van der Waals surface area contributed by atoms with Crippen molar-refractivity contribution in [3.8, 4) is 17.2 Å². The van der Waals surface area contributed by atoms with Crippen molar-refractivity contribution in [2.24, 2.45) is 0 Å². The number of aromatic nitrogens is 6. The molecule has 0 aliphatic carbocycles. The minimum absolute atomic E-state index is 0.0920. The number of rotatable bonds is 23. The maximum Gasteiger partial charge on any atom is 0.257 e. The zero-order valence-electron chi connectivity index (χ0n) is 62.8. The van der Waals surface area contributed by atoms with Gasteiger partial charge in [0.25, 0.3) is 17.7 Å². The summed E-state index contributed by atoms with van der Waals surface area (Å²) in [6, 6.07) is 24.9. The summed E-state index contributed by atoms with van der Waals surface area (Å²) < 4.78 is 18.7. The summed E-state index contributed by atoms with van der Waals surface area (Å²) in [6.07, 6.45) is 16.1. The van der Waals surface area contributed by atoms with Crippen LogP contribution in [0.1, 0.15) is 82.7 Å². The van der Waals surface area contributed by atoms with Gasteiger partial charge in [-0.25, -0.2) is 29.9 Å². The smallest absolute Gasteiger partial charge is 0.257 e. The summed E-state index contributed by atoms with van der Waals surface area (Å²) in [4.78, 5) is 119. The van der Waals surface area contributed by atoms with Crippen molar-refractivity contribution >= 4 is 126 Å². The van der Waals surface area contributed by atoms with E-state index in [-0.39, 0.29) is 41.5 Å². The van der Waals surface area contributed by atoms with Gasteiger partial charge in [-0.15, -0.1) is 11.3 Å². The number of ether oxygens (including phenoxy) is 3. The zero-order valence-corrected chi connectivity index (χ0v) is 66.9. The fourth-order valence-electron chi connectivity index (χ4n) is 12.2. The number of piperazine rings is 2. The molecule has 109 heavy (non-hydrogen) atoms. The Kier molecular flexibility index (Phi) is 28.6. The van der Waals surface area contributed by atoms with Crippen LogP contribution in [0.15, 0.2) is 172 Å². The predicted octanol–water partition coefficient (Wildman–Crippen LogP) is 13.2. The molecule has 3 N–H and O–H groups in total. The molecule has 0 radical (unpaired) electrons. The quantitative estimate of drug-likeness (QED) is 0.0502. The van der Waals surface area contributed by atoms with E-state index in [1.165, 1.54) is 40.9 Å². The number of pyridine rings is 3. The Morgan fingerprint density at radius 3 is 1.51 bits per heavy atom. The van der Waals surface area contributed by atoms with Crippen molar-refractivity contribution < 1.29 is 43.0 Å². The van der Waals surface area contributed by atoms with Crippen LogP contribution < -0.4 is 30.2 Å². The van der Waals surface area contributed by atoms with Gasteiger partial charge in [0.05, 0.1) is 58.8 Å². The number of anilines is 6. The number of carbonyl (C=O) groups excluding carboxylic acids is 6. The Labute approximate surface area is 656 Å². The summed E-state index contributed by atoms with van der Waals surface area (Å²) in [5.41, 5.74) is 7.83. The lowest BCUT2D eigenvalue weighted by atomic mass is 9.99. The maximum atomic E-state index is 13.7. The molecule has 3 fully saturated rings. The third-order valence-corrected chi connectivity index (χ3v) is 23.3. The molecule has 1 atom stereocenters. The molecule has 30 heteroatoms. The van der Waals surface area contributed by atoms with Gasteiger partial charge >= 0.3 is 0 Å². The normalized spacial score (nSPS) is 14.2. The molecule has 12 rings (SSSR count). The third kappa shape index (κ3) is 21.5. The monoisotopic (exact) mass is 1570 g/mol. The van der Waals surface area contributed by atoms with E-state index in [9.17, 15) is 28.8 Å². The molecule has 0 spiro atoms. The second-order valence-electron chi connectivity index (χ2n) is 26.0. The molecule has 570 valence electrons. The molecule has 0 unspecified atom stereocenters. The topological polar surface area (TPSA) is 266 Å². The number of nitrogens with zero attached hydrogens (tertiary/aromatic N) is 13. The first kappa shape index (κ1) is 81.0. The van der Waals surface area contributed by atoms with Crippen molar-refractivity contribution in [1.82, 2.24) is 64.2 Å². The van der Waals surface area contributed by atoms with Gasteiger partial charge in [-0.05, 0) is 167 Å². The van der Waals surface area contributed by atoms with E-state index in [0.29, 0.717) is 119 Å². The van der Waals surface area contributed by atoms with Crippen molar-refractivity contribution in [3.63, 3.8) is 0 Å². The highest BCUT2D eigenvalue weighted by atomic mass is 32.2. The summed E-state index contributed by atoms with van der Waals surface area (Å²) in [5.74, 6) is 3.27. The first-order chi connectivity index (χ1) is 52.5. The molecule has 25 nitrogen and oxygen atoms in total. The number of hydrogen-bond donors (Lipinski definition) is 3. The van der Waals surface area contributed by atoms with E-state index < -0.39 is 0 Å². The van der Waals surface area contributed by atoms with E-state index in [4.69, 9.17) is 14.2 Å². The number of amides is 6. The van der Waals surface area contributed by atoms with Crippen LogP contribution in [0, 0.1) is 27.7 Å². The molecule has 3 aliphatic heterocycles. The molecule has 0 bridgehead atoms. The predicted molar refractivity (Wildman–Crippen MR) is 433 cm³/mol. The third-order valence-electron chi connectivity index (χ3n) is 18.0. The van der Waals surface area contributed by atoms with E-state index in [2.05, 4.69) is 76.6 Å². The second kappa shape index (κ2) is 38.5. The number of aryl methyl sites for hydroxylation is 4. The lowest BCUT2D eigenvalue weighted by molar-refractivity contribution is -0.128. The number of benzene rings is 3. The van der Waals surface area contributed by atoms with Gasteiger partial charge in [-0.2, -0.15) is 0 Å². The fraction of sp³-hybridized carbons (Fsp3) is 0.316. The molecule has 0 saturated carbocycles. The van der Waals surface area contributed by atoms with Crippen molar-refractivity contribution in [1.29, 1.82) is 0 Å². The molecule has 6 aromatic heterocycles. The number of nitrogens with one attached hydrogen (secondary N) is 3. The van der Waals surface area contributed by atoms with Crippen LogP contribution in [0.2, 0.25) is 0 Å². The van der Waals surface area contributed by atoms with Crippen LogP contribution in [-0.2, 0) is 27.3 Å². The lowest BCUT2D eigenvalue weighted by Crippen LogP contribution is -2.50. The number of carbonyl (C=O) groups is 6. The SMILES string of the molecule is C=CC(=O)N1CCCN(C(=O)c2cc(Sc3cnc(Nc4ncccc4C)s3)c(C)cc2OC)C[C@H]1C.C=CC(=O)N1CCN(C(=O)c2cc(Cc3cnc(Nc4ccccn4)s3)c(C)cc2OC)CC1.C=CC(=O)N1CCN(C(=O)c2cc(Sc3cnc(Nc4ccc(CN(C)C)cn4)s3)c(C)cc2OC)CC1. The number of hydrogen-bond acceptors (Lipinski definition) is 24. The average Bonchev–Trinajstić information content (AvgIpc) is 1.65. The van der Waals surface area contributed by atoms with Crippen molar-refractivity contribution in [2.45, 2.75) is 78.3 Å². The average molecular weight is 1570 g/mol. The molecule has 9 heterocycles. The van der Waals surface area contributed by atoms with E-state index in [0.717, 1.165) is 95.9 Å². The summed E-state index contributed by atoms with van der Waals surface area (Å²) >= 11 is 7.73. The Balaban J connectivity index is 0.000000174. The Morgan fingerprint density at radius 1 is 0.514 bits per heavy atom. The fourth-order valence-corrected chi connectivity index (χ4v) is 16.9. The van der Waals surface area contributed by atoms with Crippen molar-refractivity contribution in [3.05, 3.63) is 209 Å². The molecule has 3 aliphatic rings. The first-order valence-electron chi connectivity index (χ1n) is 35.2. The van der Waals surface area contributed by atoms with E-state index in [1.807, 2.05) is 151 Å². The Morgan fingerprint density at radius 2 is 1.01 bits per heavy atom. The molecular formula is C79H90N16O9S5. The second-order valence-corrected chi connectivity index (χ2v) is 31.8. The number of methoxy groups -OCH3 is 3. The van der Waals surface area contributed by atoms with E-state index in [1.54, 1.807) is 93.1 Å². The van der Waals surface area contributed by atoms with Gasteiger partial charge < -0.3 is 64.5 Å². The molecular weight excluding hydrogens is 1480 g/mol. The first-order valence-corrected chi connectivity index (χ1v) is 39.3.